The van der Waals surface area contributed by atoms with Gasteiger partial charge in [0.05, 0.1) is 11.0 Å². The van der Waals surface area contributed by atoms with Crippen molar-refractivity contribution in [3.8, 4) is 0 Å². The van der Waals surface area contributed by atoms with Crippen molar-refractivity contribution in [2.24, 2.45) is 0 Å². The number of halogens is 17. The molecule has 0 unspecified atom stereocenters. The zero-order valence-corrected chi connectivity index (χ0v) is 16.0. The van der Waals surface area contributed by atoms with Crippen molar-refractivity contribution in [3.05, 3.63) is 30.1 Å². The van der Waals surface area contributed by atoms with Crippen molar-refractivity contribution < 1.29 is 84.1 Å². The van der Waals surface area contributed by atoms with Gasteiger partial charge in [0, 0.05) is 0 Å². The second-order valence-corrected chi connectivity index (χ2v) is 6.60. The van der Waals surface area contributed by atoms with Crippen LogP contribution in [0.5, 0.6) is 0 Å². The Morgan fingerprint density at radius 2 is 1.08 bits per heavy atom. The lowest BCUT2D eigenvalue weighted by atomic mass is 10.2. The molecule has 0 saturated carbocycles. The summed E-state index contributed by atoms with van der Waals surface area (Å²) in [5.41, 5.74) is -1.32. The van der Waals surface area contributed by atoms with Crippen LogP contribution in [-0.4, -0.2) is 52.5 Å². The third-order valence-corrected chi connectivity index (χ3v) is 4.06. The molecule has 0 aliphatic heterocycles. The number of aromatic nitrogens is 2. The van der Waals surface area contributed by atoms with Crippen LogP contribution in [-0.2, 0) is 15.3 Å². The molecule has 0 fully saturated rings. The molecule has 1 heterocycles. The average molecular weight is 568 g/mol. The molecule has 2 aromatic rings. The molecule has 0 aliphatic carbocycles. The Morgan fingerprint density at radius 3 is 1.50 bits per heavy atom. The van der Waals surface area contributed by atoms with E-state index in [2.05, 4.69) is 9.72 Å². The molecule has 4 nitrogen and oxygen atoms in total. The number of benzene rings is 1. The van der Waals surface area contributed by atoms with E-state index in [0.29, 0.717) is 0 Å². The summed E-state index contributed by atoms with van der Waals surface area (Å²) in [7, 11) is 0. The summed E-state index contributed by atoms with van der Waals surface area (Å²) in [6, 6.07) is 3.63. The number of nitrogens with zero attached hydrogens (tertiary/aromatic N) is 1. The maximum Gasteiger partial charge on any atom is 0.462 e. The summed E-state index contributed by atoms with van der Waals surface area (Å²) >= 11 is 0. The number of H-pyrrole nitrogens is 1. The van der Waals surface area contributed by atoms with Gasteiger partial charge in [0.25, 0.3) is 0 Å². The minimum absolute atomic E-state index is 0.624. The molecule has 2 rings (SSSR count). The predicted molar refractivity (Wildman–Crippen MR) is 77.9 cm³/mol. The molecule has 36 heavy (non-hydrogen) atoms. The molecule has 0 radical (unpaired) electrons. The SMILES string of the molecule is FC(F)(F)C(F)(F)C(F)(F)O[C@](F)(C(F)(F)F)C(F)(F)O[C@@](F)(c1nc2ccccc2[nH]1)C(F)(F)F. The molecule has 1 aromatic heterocycles. The molecule has 206 valence electrons. The molecule has 1 aromatic carbocycles. The lowest BCUT2D eigenvalue weighted by molar-refractivity contribution is -0.554. The van der Waals surface area contributed by atoms with Crippen LogP contribution >= 0.6 is 0 Å². The number of alkyl halides is 17. The van der Waals surface area contributed by atoms with Crippen molar-refractivity contribution in [1.29, 1.82) is 0 Å². The van der Waals surface area contributed by atoms with Crippen molar-refractivity contribution >= 4 is 11.0 Å². The van der Waals surface area contributed by atoms with Gasteiger partial charge < -0.3 is 4.98 Å². The van der Waals surface area contributed by atoms with Gasteiger partial charge >= 0.3 is 48.4 Å². The smallest absolute Gasteiger partial charge is 0.337 e. The van der Waals surface area contributed by atoms with Gasteiger partial charge in [0.2, 0.25) is 0 Å². The number of ether oxygens (including phenoxy) is 2. The van der Waals surface area contributed by atoms with Gasteiger partial charge in [-0.25, -0.2) is 4.98 Å². The monoisotopic (exact) mass is 568 g/mol. The average Bonchev–Trinajstić information content (AvgIpc) is 3.09. The Balaban J connectivity index is 2.68. The zero-order chi connectivity index (χ0) is 28.4. The first-order chi connectivity index (χ1) is 15.7. The summed E-state index contributed by atoms with van der Waals surface area (Å²) < 4.78 is 228. The summed E-state index contributed by atoms with van der Waals surface area (Å²) in [5.74, 6) is -24.6. The highest BCUT2D eigenvalue weighted by Gasteiger charge is 2.85. The Kier molecular flexibility index (Phi) is 6.77. The fraction of sp³-hybridized carbons (Fsp3) is 0.533. The summed E-state index contributed by atoms with van der Waals surface area (Å²) in [6.45, 7) is 0. The van der Waals surface area contributed by atoms with E-state index in [9.17, 15) is 74.6 Å². The maximum atomic E-state index is 14.7. The minimum atomic E-state index is -7.94. The van der Waals surface area contributed by atoms with E-state index in [0.717, 1.165) is 24.3 Å². The van der Waals surface area contributed by atoms with Crippen LogP contribution in [0.4, 0.5) is 74.6 Å². The standard InChI is InChI=1S/C15H5F17N2O2/c16-8(11(20,21)22,7-33-5-3-1-2-4-6(5)34-7)35-15(31,32)10(19,13(26,27)28)36-14(29,30)9(17,18)12(23,24)25/h1-4H,(H,33,34)/t8-,10+/m0/s1. The Bertz CT molecular complexity index is 1060. The number of nitrogens with one attached hydrogen (secondary N) is 1. The van der Waals surface area contributed by atoms with Gasteiger partial charge in [0.1, 0.15) is 0 Å². The second-order valence-electron chi connectivity index (χ2n) is 6.60. The summed E-state index contributed by atoms with van der Waals surface area (Å²) in [4.78, 5) is 4.08. The number of fused-ring (bicyclic) bond motifs is 1. The molecular weight excluding hydrogens is 563 g/mol. The van der Waals surface area contributed by atoms with E-state index >= 15 is 0 Å². The summed E-state index contributed by atoms with van der Waals surface area (Å²) in [6.07, 6.45) is -37.9. The highest BCUT2D eigenvalue weighted by atomic mass is 19.4. The van der Waals surface area contributed by atoms with Gasteiger partial charge in [-0.1, -0.05) is 12.1 Å². The first-order valence-corrected chi connectivity index (χ1v) is 8.30. The number of hydrogen-bond acceptors (Lipinski definition) is 3. The minimum Gasteiger partial charge on any atom is -0.337 e. The Morgan fingerprint density at radius 1 is 0.583 bits per heavy atom. The molecule has 21 heteroatoms. The van der Waals surface area contributed by atoms with E-state index in [1.54, 1.807) is 0 Å². The molecule has 0 saturated heterocycles. The lowest BCUT2D eigenvalue weighted by Crippen LogP contribution is -2.67. The normalized spacial score (nSPS) is 18.2. The number of rotatable bonds is 7. The van der Waals surface area contributed by atoms with Crippen LogP contribution in [0.25, 0.3) is 11.0 Å². The van der Waals surface area contributed by atoms with E-state index in [4.69, 9.17) is 0 Å². The van der Waals surface area contributed by atoms with Crippen LogP contribution < -0.4 is 0 Å². The molecule has 0 bridgehead atoms. The number of hydrogen-bond donors (Lipinski definition) is 1. The maximum absolute atomic E-state index is 14.7. The molecular formula is C15H5F17N2O2. The number of para-hydroxylation sites is 2. The first kappa shape index (κ1) is 29.6. The third kappa shape index (κ3) is 4.61. The van der Waals surface area contributed by atoms with Crippen LogP contribution in [0.15, 0.2) is 24.3 Å². The molecule has 1 N–H and O–H groups in total. The highest BCUT2D eigenvalue weighted by molar-refractivity contribution is 5.74. The van der Waals surface area contributed by atoms with Crippen molar-refractivity contribution in [2.75, 3.05) is 0 Å². The van der Waals surface area contributed by atoms with Crippen molar-refractivity contribution in [2.45, 2.75) is 48.4 Å². The van der Waals surface area contributed by atoms with Gasteiger partial charge in [-0.3, -0.25) is 9.47 Å². The van der Waals surface area contributed by atoms with E-state index in [1.165, 1.54) is 9.72 Å². The zero-order valence-electron chi connectivity index (χ0n) is 16.0. The molecule has 0 aliphatic rings. The number of aromatic amines is 1. The largest absolute Gasteiger partial charge is 0.462 e. The second kappa shape index (κ2) is 8.21. The van der Waals surface area contributed by atoms with E-state index in [1.807, 2.05) is 0 Å². The van der Waals surface area contributed by atoms with Gasteiger partial charge in [-0.05, 0) is 12.1 Å². The van der Waals surface area contributed by atoms with Gasteiger partial charge in [-0.2, -0.15) is 74.6 Å². The topological polar surface area (TPSA) is 47.1 Å². The van der Waals surface area contributed by atoms with Crippen LogP contribution in [0.1, 0.15) is 5.82 Å². The Hall–Kier alpha value is -2.58. The quantitative estimate of drug-likeness (QED) is 0.371. The molecule has 0 spiro atoms. The van der Waals surface area contributed by atoms with Crippen molar-refractivity contribution in [1.82, 2.24) is 9.97 Å². The van der Waals surface area contributed by atoms with Gasteiger partial charge in [-0.15, -0.1) is 0 Å². The van der Waals surface area contributed by atoms with Crippen LogP contribution in [0.3, 0.4) is 0 Å². The van der Waals surface area contributed by atoms with Crippen LogP contribution in [0, 0.1) is 0 Å². The fourth-order valence-electron chi connectivity index (χ4n) is 2.28. The lowest BCUT2D eigenvalue weighted by Gasteiger charge is -2.40. The van der Waals surface area contributed by atoms with Crippen molar-refractivity contribution in [3.63, 3.8) is 0 Å². The fourth-order valence-corrected chi connectivity index (χ4v) is 2.28. The van der Waals surface area contributed by atoms with Gasteiger partial charge in [0.15, 0.2) is 5.82 Å². The van der Waals surface area contributed by atoms with E-state index in [-0.39, 0.29) is 0 Å². The Labute approximate surface area is 185 Å². The molecule has 0 amide bonds. The highest BCUT2D eigenvalue weighted by Crippen LogP contribution is 2.57. The third-order valence-electron chi connectivity index (χ3n) is 4.06. The first-order valence-electron chi connectivity index (χ1n) is 8.30. The van der Waals surface area contributed by atoms with E-state index < -0.39 is 65.2 Å². The number of imidazole rings is 1. The van der Waals surface area contributed by atoms with Crippen LogP contribution in [0.2, 0.25) is 0 Å². The summed E-state index contributed by atoms with van der Waals surface area (Å²) in [5, 5.41) is 0. The molecule has 2 atom stereocenters. The predicted octanol–water partition coefficient (Wildman–Crippen LogP) is 6.89.